The lowest BCUT2D eigenvalue weighted by Crippen LogP contribution is -2.46. The second-order valence-electron chi connectivity index (χ2n) is 7.67. The van der Waals surface area contributed by atoms with Gasteiger partial charge in [-0.2, -0.15) is 15.6 Å². The van der Waals surface area contributed by atoms with Crippen molar-refractivity contribution < 1.29 is 5.11 Å². The van der Waals surface area contributed by atoms with Gasteiger partial charge in [-0.1, -0.05) is 0 Å². The third-order valence-electron chi connectivity index (χ3n) is 5.69. The third-order valence-corrected chi connectivity index (χ3v) is 6.61. The maximum atomic E-state index is 9.35. The minimum Gasteiger partial charge on any atom is -0.390 e. The molecule has 1 N–H and O–H groups in total. The number of thiazole rings is 1. The summed E-state index contributed by atoms with van der Waals surface area (Å²) in [5, 5.41) is 36.0. The van der Waals surface area contributed by atoms with Crippen LogP contribution in [-0.2, 0) is 12.1 Å². The SMILES string of the molecule is N#CCC1(n2ccc(-c3nc(-c4nc(CO)cs4)cc4ncccc34)n2)CC(C#N)C1. The van der Waals surface area contributed by atoms with Crippen LogP contribution < -0.4 is 0 Å². The number of nitrogens with zero attached hydrogens (tertiary/aromatic N) is 7. The molecule has 1 fully saturated rings. The standard InChI is InChI=1S/C22H17N7OS/c23-5-4-22(9-14(10-22)11-24)29-7-3-17(28-29)20-16-2-1-6-25-18(16)8-19(27-20)21-26-15(12-30)13-31-21/h1-3,6-8,13-14,30H,4,9-10,12H2. The molecule has 0 bridgehead atoms. The van der Waals surface area contributed by atoms with Crippen LogP contribution >= 0.6 is 11.3 Å². The van der Waals surface area contributed by atoms with Crippen molar-refractivity contribution in [3.8, 4) is 34.2 Å². The summed E-state index contributed by atoms with van der Waals surface area (Å²) in [4.78, 5) is 13.8. The van der Waals surface area contributed by atoms with Crippen molar-refractivity contribution in [3.05, 3.63) is 47.7 Å². The molecule has 0 aliphatic heterocycles. The average Bonchev–Trinajstić information content (AvgIpc) is 3.45. The summed E-state index contributed by atoms with van der Waals surface area (Å²) >= 11 is 1.42. The summed E-state index contributed by atoms with van der Waals surface area (Å²) in [6.07, 6.45) is 5.15. The molecule has 0 radical (unpaired) electrons. The quantitative estimate of drug-likeness (QED) is 0.515. The smallest absolute Gasteiger partial charge is 0.142 e. The highest BCUT2D eigenvalue weighted by Crippen LogP contribution is 2.46. The predicted octanol–water partition coefficient (Wildman–Crippen LogP) is 3.65. The van der Waals surface area contributed by atoms with E-state index in [0.29, 0.717) is 47.0 Å². The van der Waals surface area contributed by atoms with Gasteiger partial charge in [-0.15, -0.1) is 11.3 Å². The monoisotopic (exact) mass is 427 g/mol. The number of aliphatic hydroxyl groups is 1. The van der Waals surface area contributed by atoms with Gasteiger partial charge in [0.15, 0.2) is 0 Å². The highest BCUT2D eigenvalue weighted by atomic mass is 32.1. The van der Waals surface area contributed by atoms with Crippen LogP contribution in [0.3, 0.4) is 0 Å². The van der Waals surface area contributed by atoms with Gasteiger partial charge < -0.3 is 5.11 Å². The predicted molar refractivity (Wildman–Crippen MR) is 114 cm³/mol. The first-order valence-corrected chi connectivity index (χ1v) is 10.7. The fourth-order valence-corrected chi connectivity index (χ4v) is 4.87. The first-order valence-electron chi connectivity index (χ1n) is 9.80. The van der Waals surface area contributed by atoms with Crippen molar-refractivity contribution in [2.75, 3.05) is 0 Å². The van der Waals surface area contributed by atoms with E-state index in [9.17, 15) is 15.6 Å². The van der Waals surface area contributed by atoms with E-state index in [0.717, 1.165) is 10.9 Å². The van der Waals surface area contributed by atoms with Gasteiger partial charge in [-0.3, -0.25) is 9.67 Å². The Labute approximate surface area is 182 Å². The summed E-state index contributed by atoms with van der Waals surface area (Å²) in [6.45, 7) is -0.121. The van der Waals surface area contributed by atoms with E-state index in [2.05, 4.69) is 22.1 Å². The van der Waals surface area contributed by atoms with E-state index < -0.39 is 5.54 Å². The number of fused-ring (bicyclic) bond motifs is 1. The Balaban J connectivity index is 1.61. The number of hydrogen-bond acceptors (Lipinski definition) is 8. The lowest BCUT2D eigenvalue weighted by Gasteiger charge is -2.43. The molecular weight excluding hydrogens is 410 g/mol. The van der Waals surface area contributed by atoms with E-state index in [1.54, 1.807) is 6.20 Å². The molecule has 4 aromatic heterocycles. The first kappa shape index (κ1) is 19.3. The molecule has 1 aliphatic rings. The number of hydrogen-bond donors (Lipinski definition) is 1. The Morgan fingerprint density at radius 2 is 2.10 bits per heavy atom. The average molecular weight is 427 g/mol. The van der Waals surface area contributed by atoms with Crippen molar-refractivity contribution in [3.63, 3.8) is 0 Å². The normalized spacial score (nSPS) is 20.2. The van der Waals surface area contributed by atoms with E-state index in [4.69, 9.17) is 10.1 Å². The highest BCUT2D eigenvalue weighted by molar-refractivity contribution is 7.13. The lowest BCUT2D eigenvalue weighted by atomic mass is 9.67. The molecule has 0 spiro atoms. The third kappa shape index (κ3) is 3.25. The molecule has 0 saturated heterocycles. The van der Waals surface area contributed by atoms with Crippen LogP contribution in [0.1, 0.15) is 25.0 Å². The molecule has 152 valence electrons. The highest BCUT2D eigenvalue weighted by Gasteiger charge is 2.46. The molecular formula is C22H17N7OS. The molecule has 0 aromatic carbocycles. The summed E-state index contributed by atoms with van der Waals surface area (Å²) in [6, 6.07) is 12.1. The van der Waals surface area contributed by atoms with Gasteiger partial charge in [0.25, 0.3) is 0 Å². The zero-order valence-corrected chi connectivity index (χ0v) is 17.2. The minimum absolute atomic E-state index is 0.0434. The van der Waals surface area contributed by atoms with Gasteiger partial charge in [-0.25, -0.2) is 9.97 Å². The van der Waals surface area contributed by atoms with Gasteiger partial charge in [0.2, 0.25) is 0 Å². The Morgan fingerprint density at radius 1 is 1.23 bits per heavy atom. The van der Waals surface area contributed by atoms with E-state index >= 15 is 0 Å². The summed E-state index contributed by atoms with van der Waals surface area (Å²) in [5.41, 5.74) is 2.96. The van der Waals surface area contributed by atoms with Crippen LogP contribution in [0.2, 0.25) is 0 Å². The van der Waals surface area contributed by atoms with E-state index in [1.807, 2.05) is 40.5 Å². The number of nitriles is 2. The van der Waals surface area contributed by atoms with Gasteiger partial charge in [0.05, 0.1) is 47.8 Å². The van der Waals surface area contributed by atoms with Crippen molar-refractivity contribution in [1.82, 2.24) is 24.7 Å². The molecule has 8 nitrogen and oxygen atoms in total. The molecule has 0 amide bonds. The van der Waals surface area contributed by atoms with Crippen LogP contribution in [0.5, 0.6) is 0 Å². The maximum absolute atomic E-state index is 9.35. The topological polar surface area (TPSA) is 124 Å². The van der Waals surface area contributed by atoms with Crippen molar-refractivity contribution in [2.24, 2.45) is 5.92 Å². The number of aliphatic hydroxyl groups excluding tert-OH is 1. The Bertz CT molecular complexity index is 1350. The van der Waals surface area contributed by atoms with Crippen LogP contribution in [-0.4, -0.2) is 29.8 Å². The molecule has 31 heavy (non-hydrogen) atoms. The summed E-state index contributed by atoms with van der Waals surface area (Å²) < 4.78 is 1.82. The molecule has 9 heteroatoms. The van der Waals surface area contributed by atoms with Crippen LogP contribution in [0.25, 0.3) is 33.0 Å². The van der Waals surface area contributed by atoms with Crippen LogP contribution in [0.15, 0.2) is 42.0 Å². The summed E-state index contributed by atoms with van der Waals surface area (Å²) in [7, 11) is 0. The first-order chi connectivity index (χ1) is 15.2. The Hall–Kier alpha value is -3.66. The molecule has 4 heterocycles. The zero-order valence-electron chi connectivity index (χ0n) is 16.4. The second-order valence-corrected chi connectivity index (χ2v) is 8.53. The van der Waals surface area contributed by atoms with E-state index in [1.165, 1.54) is 11.3 Å². The Morgan fingerprint density at radius 3 is 2.84 bits per heavy atom. The summed E-state index contributed by atoms with van der Waals surface area (Å²) in [5.74, 6) is -0.0434. The molecule has 4 aromatic rings. The zero-order chi connectivity index (χ0) is 21.4. The maximum Gasteiger partial charge on any atom is 0.142 e. The number of rotatable bonds is 5. The Kier molecular flexibility index (Phi) is 4.70. The fourth-order valence-electron chi connectivity index (χ4n) is 4.10. The largest absolute Gasteiger partial charge is 0.390 e. The van der Waals surface area contributed by atoms with E-state index in [-0.39, 0.29) is 12.5 Å². The van der Waals surface area contributed by atoms with Crippen molar-refractivity contribution >= 4 is 22.2 Å². The van der Waals surface area contributed by atoms with Crippen LogP contribution in [0, 0.1) is 28.6 Å². The number of aromatic nitrogens is 5. The van der Waals surface area contributed by atoms with Gasteiger partial charge in [0, 0.05) is 23.2 Å². The van der Waals surface area contributed by atoms with Gasteiger partial charge in [-0.05, 0) is 37.1 Å². The minimum atomic E-state index is -0.440. The number of pyridine rings is 2. The molecule has 0 unspecified atom stereocenters. The van der Waals surface area contributed by atoms with Crippen molar-refractivity contribution in [1.29, 1.82) is 10.5 Å². The lowest BCUT2D eigenvalue weighted by molar-refractivity contribution is 0.0884. The molecule has 1 aliphatic carbocycles. The molecule has 1 saturated carbocycles. The fraction of sp³-hybridized carbons (Fsp3) is 0.273. The van der Waals surface area contributed by atoms with Gasteiger partial charge >= 0.3 is 0 Å². The van der Waals surface area contributed by atoms with Crippen molar-refractivity contribution in [2.45, 2.75) is 31.4 Å². The molecule has 0 atom stereocenters. The van der Waals surface area contributed by atoms with Crippen LogP contribution in [0.4, 0.5) is 0 Å². The second kappa shape index (κ2) is 7.55. The molecule has 5 rings (SSSR count). The van der Waals surface area contributed by atoms with Gasteiger partial charge in [0.1, 0.15) is 22.1 Å².